The number of hydrogen-bond donors (Lipinski definition) is 2. The summed E-state index contributed by atoms with van der Waals surface area (Å²) in [4.78, 5) is 11.8. The number of anilines is 1. The number of rotatable bonds is 2. The molecule has 0 saturated carbocycles. The van der Waals surface area contributed by atoms with Gasteiger partial charge in [0, 0.05) is 17.7 Å². The fourth-order valence-electron chi connectivity index (χ4n) is 2.75. The lowest BCUT2D eigenvalue weighted by Gasteiger charge is -2.17. The molecule has 0 spiro atoms. The number of fused-ring (bicyclic) bond motifs is 1. The number of hydrogen-bond acceptors (Lipinski definition) is 3. The topological polar surface area (TPSA) is 71.8 Å². The van der Waals surface area contributed by atoms with Crippen molar-refractivity contribution >= 4 is 5.69 Å². The highest BCUT2D eigenvalue weighted by Crippen LogP contribution is 2.23. The SMILES string of the molecule is Nc1ccccc1Cc1n[nH]c(=O)c2c1CCCC2. The molecule has 0 atom stereocenters. The predicted octanol–water partition coefficient (Wildman–Crippen LogP) is 1.82. The second kappa shape index (κ2) is 4.88. The molecule has 0 unspecified atom stereocenters. The number of nitrogen functional groups attached to an aromatic ring is 1. The molecule has 3 rings (SSSR count). The van der Waals surface area contributed by atoms with Gasteiger partial charge in [-0.2, -0.15) is 5.10 Å². The average Bonchev–Trinajstić information content (AvgIpc) is 2.44. The van der Waals surface area contributed by atoms with E-state index in [-0.39, 0.29) is 5.56 Å². The van der Waals surface area contributed by atoms with Crippen molar-refractivity contribution in [3.8, 4) is 0 Å². The van der Waals surface area contributed by atoms with Gasteiger partial charge in [-0.3, -0.25) is 4.79 Å². The molecule has 0 saturated heterocycles. The van der Waals surface area contributed by atoms with Crippen LogP contribution in [-0.4, -0.2) is 10.2 Å². The first kappa shape index (κ1) is 12.0. The van der Waals surface area contributed by atoms with Crippen LogP contribution < -0.4 is 11.3 Å². The van der Waals surface area contributed by atoms with Gasteiger partial charge in [0.25, 0.3) is 5.56 Å². The largest absolute Gasteiger partial charge is 0.398 e. The minimum atomic E-state index is -0.0283. The van der Waals surface area contributed by atoms with Gasteiger partial charge in [0.05, 0.1) is 5.69 Å². The van der Waals surface area contributed by atoms with Crippen molar-refractivity contribution in [1.29, 1.82) is 0 Å². The molecule has 0 amide bonds. The van der Waals surface area contributed by atoms with Gasteiger partial charge in [0.2, 0.25) is 0 Å². The summed E-state index contributed by atoms with van der Waals surface area (Å²) in [5.41, 5.74) is 10.8. The van der Waals surface area contributed by atoms with Gasteiger partial charge < -0.3 is 5.73 Å². The van der Waals surface area contributed by atoms with E-state index in [1.165, 1.54) is 0 Å². The normalized spacial score (nSPS) is 14.1. The molecule has 1 aliphatic rings. The van der Waals surface area contributed by atoms with E-state index in [0.29, 0.717) is 6.42 Å². The van der Waals surface area contributed by atoms with Crippen molar-refractivity contribution in [1.82, 2.24) is 10.2 Å². The van der Waals surface area contributed by atoms with E-state index in [1.54, 1.807) is 0 Å². The Kier molecular flexibility index (Phi) is 3.07. The van der Waals surface area contributed by atoms with E-state index in [9.17, 15) is 4.79 Å². The van der Waals surface area contributed by atoms with Gasteiger partial charge in [0.15, 0.2) is 0 Å². The fraction of sp³-hybridized carbons (Fsp3) is 0.333. The van der Waals surface area contributed by atoms with Crippen LogP contribution in [0.25, 0.3) is 0 Å². The summed E-state index contributed by atoms with van der Waals surface area (Å²) in [6.07, 6.45) is 4.73. The van der Waals surface area contributed by atoms with Gasteiger partial charge in [0.1, 0.15) is 0 Å². The summed E-state index contributed by atoms with van der Waals surface area (Å²) in [7, 11) is 0. The number of para-hydroxylation sites is 1. The highest BCUT2D eigenvalue weighted by molar-refractivity contribution is 5.49. The van der Waals surface area contributed by atoms with Crippen molar-refractivity contribution in [2.45, 2.75) is 32.1 Å². The molecule has 1 heterocycles. The van der Waals surface area contributed by atoms with Crippen LogP contribution in [0.15, 0.2) is 29.1 Å². The van der Waals surface area contributed by atoms with Crippen LogP contribution in [0.2, 0.25) is 0 Å². The molecule has 2 aromatic rings. The summed E-state index contributed by atoms with van der Waals surface area (Å²) in [5.74, 6) is 0. The summed E-state index contributed by atoms with van der Waals surface area (Å²) in [6.45, 7) is 0. The number of nitrogens with zero attached hydrogens (tertiary/aromatic N) is 1. The molecule has 4 heteroatoms. The minimum Gasteiger partial charge on any atom is -0.398 e. The Morgan fingerprint density at radius 2 is 1.89 bits per heavy atom. The number of benzene rings is 1. The van der Waals surface area contributed by atoms with E-state index < -0.39 is 0 Å². The Bertz CT molecular complexity index is 661. The van der Waals surface area contributed by atoms with Gasteiger partial charge in [-0.1, -0.05) is 18.2 Å². The fourth-order valence-corrected chi connectivity index (χ4v) is 2.75. The van der Waals surface area contributed by atoms with Crippen LogP contribution in [-0.2, 0) is 19.3 Å². The van der Waals surface area contributed by atoms with Crippen molar-refractivity contribution in [2.24, 2.45) is 0 Å². The van der Waals surface area contributed by atoms with E-state index in [0.717, 1.165) is 53.8 Å². The summed E-state index contributed by atoms with van der Waals surface area (Å²) in [5, 5.41) is 6.86. The van der Waals surface area contributed by atoms with Crippen molar-refractivity contribution in [3.63, 3.8) is 0 Å². The number of nitrogens with two attached hydrogens (primary N) is 1. The second-order valence-electron chi connectivity index (χ2n) is 5.04. The maximum Gasteiger partial charge on any atom is 0.267 e. The van der Waals surface area contributed by atoms with Crippen molar-refractivity contribution in [3.05, 3.63) is 57.0 Å². The summed E-state index contributed by atoms with van der Waals surface area (Å²) >= 11 is 0. The van der Waals surface area contributed by atoms with Gasteiger partial charge in [-0.25, -0.2) is 5.10 Å². The zero-order chi connectivity index (χ0) is 13.2. The zero-order valence-electron chi connectivity index (χ0n) is 10.8. The molecule has 0 fully saturated rings. The lowest BCUT2D eigenvalue weighted by molar-refractivity contribution is 0.655. The molecular formula is C15H17N3O. The lowest BCUT2D eigenvalue weighted by Crippen LogP contribution is -2.23. The molecule has 1 aromatic carbocycles. The van der Waals surface area contributed by atoms with Crippen LogP contribution in [0.5, 0.6) is 0 Å². The molecule has 3 N–H and O–H groups in total. The van der Waals surface area contributed by atoms with Gasteiger partial charge in [-0.15, -0.1) is 0 Å². The Balaban J connectivity index is 2.02. The predicted molar refractivity (Wildman–Crippen MR) is 75.2 cm³/mol. The average molecular weight is 255 g/mol. The molecule has 0 aliphatic heterocycles. The first-order chi connectivity index (χ1) is 9.25. The highest BCUT2D eigenvalue weighted by Gasteiger charge is 2.18. The molecule has 4 nitrogen and oxygen atoms in total. The third-order valence-electron chi connectivity index (χ3n) is 3.80. The van der Waals surface area contributed by atoms with Crippen LogP contribution >= 0.6 is 0 Å². The van der Waals surface area contributed by atoms with Crippen LogP contribution in [0.1, 0.15) is 35.2 Å². The molecule has 1 aliphatic carbocycles. The molecular weight excluding hydrogens is 238 g/mol. The lowest BCUT2D eigenvalue weighted by atomic mass is 9.90. The number of aromatic amines is 1. The number of aromatic nitrogens is 2. The Morgan fingerprint density at radius 3 is 2.68 bits per heavy atom. The summed E-state index contributed by atoms with van der Waals surface area (Å²) in [6, 6.07) is 7.81. The van der Waals surface area contributed by atoms with E-state index in [1.807, 2.05) is 24.3 Å². The van der Waals surface area contributed by atoms with E-state index in [2.05, 4.69) is 10.2 Å². The maximum absolute atomic E-state index is 11.8. The first-order valence-corrected chi connectivity index (χ1v) is 6.68. The Hall–Kier alpha value is -2.10. The molecule has 0 radical (unpaired) electrons. The summed E-state index contributed by atoms with van der Waals surface area (Å²) < 4.78 is 0. The smallest absolute Gasteiger partial charge is 0.267 e. The highest BCUT2D eigenvalue weighted by atomic mass is 16.1. The van der Waals surface area contributed by atoms with E-state index in [4.69, 9.17) is 5.73 Å². The molecule has 98 valence electrons. The van der Waals surface area contributed by atoms with Crippen LogP contribution in [0, 0.1) is 0 Å². The van der Waals surface area contributed by atoms with E-state index >= 15 is 0 Å². The molecule has 1 aromatic heterocycles. The monoisotopic (exact) mass is 255 g/mol. The third kappa shape index (κ3) is 2.26. The zero-order valence-corrected chi connectivity index (χ0v) is 10.8. The molecule has 19 heavy (non-hydrogen) atoms. The second-order valence-corrected chi connectivity index (χ2v) is 5.04. The Morgan fingerprint density at radius 1 is 1.16 bits per heavy atom. The van der Waals surface area contributed by atoms with Crippen LogP contribution in [0.4, 0.5) is 5.69 Å². The van der Waals surface area contributed by atoms with Crippen LogP contribution in [0.3, 0.4) is 0 Å². The van der Waals surface area contributed by atoms with Gasteiger partial charge >= 0.3 is 0 Å². The van der Waals surface area contributed by atoms with Crippen molar-refractivity contribution < 1.29 is 0 Å². The molecule has 0 bridgehead atoms. The first-order valence-electron chi connectivity index (χ1n) is 6.68. The Labute approximate surface area is 111 Å². The quantitative estimate of drug-likeness (QED) is 0.804. The standard InChI is InChI=1S/C15H17N3O/c16-13-8-4-1-5-10(13)9-14-11-6-2-3-7-12(11)15(19)18-17-14/h1,4-5,8H,2-3,6-7,9,16H2,(H,18,19). The number of nitrogens with one attached hydrogen (secondary N) is 1. The van der Waals surface area contributed by atoms with Gasteiger partial charge in [-0.05, 0) is 42.9 Å². The van der Waals surface area contributed by atoms with Crippen molar-refractivity contribution in [2.75, 3.05) is 5.73 Å². The maximum atomic E-state index is 11.8. The minimum absolute atomic E-state index is 0.0283. The third-order valence-corrected chi connectivity index (χ3v) is 3.80. The number of H-pyrrole nitrogens is 1.